The average Bonchev–Trinajstić information content (AvgIpc) is 3.50. The van der Waals surface area contributed by atoms with E-state index in [-0.39, 0.29) is 23.2 Å². The Labute approximate surface area is 316 Å². The summed E-state index contributed by atoms with van der Waals surface area (Å²) in [4.78, 5) is 47.4. The van der Waals surface area contributed by atoms with E-state index in [1.807, 2.05) is 0 Å². The first kappa shape index (κ1) is 39.6. The van der Waals surface area contributed by atoms with E-state index in [1.54, 1.807) is 52.9 Å². The fourth-order valence-electron chi connectivity index (χ4n) is 6.18. The van der Waals surface area contributed by atoms with Gasteiger partial charge >= 0.3 is 12.1 Å². The Kier molecular flexibility index (Phi) is 11.3. The normalized spacial score (nSPS) is 13.5. The van der Waals surface area contributed by atoms with Crippen molar-refractivity contribution in [1.29, 1.82) is 0 Å². The summed E-state index contributed by atoms with van der Waals surface area (Å²) in [5.74, 6) is -7.42. The summed E-state index contributed by atoms with van der Waals surface area (Å²) in [5.41, 5.74) is 0.338. The topological polar surface area (TPSA) is 106 Å². The first-order valence-corrected chi connectivity index (χ1v) is 17.2. The van der Waals surface area contributed by atoms with Crippen LogP contribution < -0.4 is 19.1 Å². The molecule has 2 amide bonds. The van der Waals surface area contributed by atoms with Gasteiger partial charge in [0.2, 0.25) is 5.88 Å². The molecule has 5 aromatic rings. The monoisotopic (exact) mass is 783 g/mol. The highest BCUT2D eigenvalue weighted by Gasteiger charge is 2.32. The van der Waals surface area contributed by atoms with Gasteiger partial charge in [-0.15, -0.1) is 0 Å². The fraction of sp³-hybridized carbons (Fsp3) is 0.282. The molecule has 1 aliphatic heterocycles. The fourth-order valence-corrected chi connectivity index (χ4v) is 6.18. The number of piperazine rings is 1. The van der Waals surface area contributed by atoms with Crippen molar-refractivity contribution in [2.45, 2.75) is 26.6 Å². The number of rotatable bonds is 10. The molecule has 2 aromatic heterocycles. The Bertz CT molecular complexity index is 2290. The molecule has 3 heterocycles. The van der Waals surface area contributed by atoms with Crippen LogP contribution in [0.1, 0.15) is 38.9 Å². The third-order valence-electron chi connectivity index (χ3n) is 9.22. The summed E-state index contributed by atoms with van der Waals surface area (Å²) in [5, 5.41) is 0.789. The summed E-state index contributed by atoms with van der Waals surface area (Å²) in [6.45, 7) is 3.24. The van der Waals surface area contributed by atoms with E-state index in [0.29, 0.717) is 49.7 Å². The second kappa shape index (κ2) is 15.9. The number of anilines is 1. The van der Waals surface area contributed by atoms with Gasteiger partial charge in [-0.3, -0.25) is 19.3 Å². The SMILES string of the molecule is CC(=O)Oc1c(F)c(C)c(F)c(F)c1C(=O)N(C)c1ccc(Oc2ccc3cc(C(=O)N4CCN(Cc5ccc(OCC(F)(F)F)cc5)CC4)n(C)c3c2)nc1. The average molecular weight is 784 g/mol. The molecule has 0 aliphatic carbocycles. The number of carbonyl (C=O) groups excluding carboxylic acids is 3. The number of fused-ring (bicyclic) bond motifs is 1. The summed E-state index contributed by atoms with van der Waals surface area (Å²) in [7, 11) is 2.99. The van der Waals surface area contributed by atoms with Gasteiger partial charge in [0.05, 0.1) is 17.4 Å². The number of nitrogens with zero attached hydrogens (tertiary/aromatic N) is 5. The Morgan fingerprint density at radius 3 is 2.18 bits per heavy atom. The van der Waals surface area contributed by atoms with Crippen LogP contribution in [0.2, 0.25) is 0 Å². The maximum Gasteiger partial charge on any atom is 0.422 e. The van der Waals surface area contributed by atoms with Crippen LogP contribution in [0.5, 0.6) is 23.1 Å². The van der Waals surface area contributed by atoms with Gasteiger partial charge in [0.1, 0.15) is 22.8 Å². The number of halogens is 6. The van der Waals surface area contributed by atoms with E-state index in [9.17, 15) is 40.7 Å². The molecular formula is C39H35F6N5O6. The van der Waals surface area contributed by atoms with Gasteiger partial charge in [0, 0.05) is 76.8 Å². The molecule has 0 bridgehead atoms. The first-order chi connectivity index (χ1) is 26.5. The van der Waals surface area contributed by atoms with Crippen molar-refractivity contribution in [2.24, 2.45) is 7.05 Å². The van der Waals surface area contributed by atoms with Crippen molar-refractivity contribution in [3.05, 3.63) is 107 Å². The number of hydrogen-bond acceptors (Lipinski definition) is 8. The largest absolute Gasteiger partial charge is 0.484 e. The van der Waals surface area contributed by atoms with Crippen molar-refractivity contribution in [3.8, 4) is 23.1 Å². The van der Waals surface area contributed by atoms with Crippen LogP contribution in [0.4, 0.5) is 32.0 Å². The standard InChI is InChI=1S/C39H35F6N5O6/c1-22-33(40)35(42)32(36(34(22)41)55-23(2)51)38(53)47(3)26-8-12-31(46-19-26)56-28-11-7-25-17-30(48(4)29(25)18-28)37(52)50-15-13-49(14-16-50)20-24-5-9-27(10-6-24)54-21-39(43,44)45/h5-12,17-19H,13-16,20-21H2,1-4H3. The van der Waals surface area contributed by atoms with Gasteiger partial charge in [-0.2, -0.15) is 13.2 Å². The maximum atomic E-state index is 14.9. The molecule has 0 unspecified atom stereocenters. The van der Waals surface area contributed by atoms with Crippen molar-refractivity contribution in [2.75, 3.05) is 44.7 Å². The summed E-state index contributed by atoms with van der Waals surface area (Å²) in [6, 6.07) is 16.3. The number of aromatic nitrogens is 2. The second-order valence-electron chi connectivity index (χ2n) is 13.1. The number of carbonyl (C=O) groups is 3. The zero-order valence-electron chi connectivity index (χ0n) is 30.5. The Balaban J connectivity index is 1.08. The minimum atomic E-state index is -4.41. The Hall–Kier alpha value is -6.10. The van der Waals surface area contributed by atoms with Crippen LogP contribution in [-0.4, -0.2) is 83.1 Å². The zero-order valence-corrected chi connectivity index (χ0v) is 30.5. The Morgan fingerprint density at radius 2 is 1.55 bits per heavy atom. The predicted octanol–water partition coefficient (Wildman–Crippen LogP) is 7.19. The zero-order chi connectivity index (χ0) is 40.5. The summed E-state index contributed by atoms with van der Waals surface area (Å²) < 4.78 is 98.6. The van der Waals surface area contributed by atoms with Crippen LogP contribution in [0.3, 0.4) is 0 Å². The molecule has 0 atom stereocenters. The molecule has 0 saturated carbocycles. The van der Waals surface area contributed by atoms with Gasteiger partial charge in [0.25, 0.3) is 11.8 Å². The molecule has 0 N–H and O–H groups in total. The third-order valence-corrected chi connectivity index (χ3v) is 9.22. The van der Waals surface area contributed by atoms with Crippen molar-refractivity contribution in [1.82, 2.24) is 19.4 Å². The molecule has 17 heteroatoms. The van der Waals surface area contributed by atoms with Gasteiger partial charge in [0.15, 0.2) is 29.8 Å². The molecular weight excluding hydrogens is 748 g/mol. The second-order valence-corrected chi connectivity index (χ2v) is 13.1. The number of alkyl halides is 3. The van der Waals surface area contributed by atoms with Crippen LogP contribution in [0.25, 0.3) is 10.9 Å². The molecule has 1 saturated heterocycles. The Morgan fingerprint density at radius 1 is 0.875 bits per heavy atom. The molecule has 56 heavy (non-hydrogen) atoms. The minimum Gasteiger partial charge on any atom is -0.484 e. The van der Waals surface area contributed by atoms with E-state index in [0.717, 1.165) is 29.7 Å². The van der Waals surface area contributed by atoms with Crippen molar-refractivity contribution >= 4 is 34.4 Å². The number of esters is 1. The molecule has 11 nitrogen and oxygen atoms in total. The molecule has 1 aliphatic rings. The highest BCUT2D eigenvalue weighted by atomic mass is 19.4. The minimum absolute atomic E-state index is 0.103. The lowest BCUT2D eigenvalue weighted by Crippen LogP contribution is -2.48. The smallest absolute Gasteiger partial charge is 0.422 e. The highest BCUT2D eigenvalue weighted by molar-refractivity contribution is 6.08. The molecule has 0 spiro atoms. The van der Waals surface area contributed by atoms with Gasteiger partial charge in [-0.25, -0.2) is 18.2 Å². The third kappa shape index (κ3) is 8.57. The number of aryl methyl sites for hydroxylation is 1. The lowest BCUT2D eigenvalue weighted by atomic mass is 10.1. The van der Waals surface area contributed by atoms with E-state index in [1.165, 1.54) is 37.5 Å². The van der Waals surface area contributed by atoms with Crippen molar-refractivity contribution < 1.29 is 54.9 Å². The summed E-state index contributed by atoms with van der Waals surface area (Å²) in [6.07, 6.45) is -3.19. The summed E-state index contributed by atoms with van der Waals surface area (Å²) >= 11 is 0. The van der Waals surface area contributed by atoms with Gasteiger partial charge in [-0.1, -0.05) is 12.1 Å². The highest BCUT2D eigenvalue weighted by Crippen LogP contribution is 2.34. The van der Waals surface area contributed by atoms with Crippen LogP contribution >= 0.6 is 0 Å². The lowest BCUT2D eigenvalue weighted by molar-refractivity contribution is -0.153. The van der Waals surface area contributed by atoms with E-state index in [4.69, 9.17) is 14.2 Å². The predicted molar refractivity (Wildman–Crippen MR) is 191 cm³/mol. The number of pyridine rings is 1. The molecule has 1 fully saturated rings. The molecule has 294 valence electrons. The number of benzene rings is 3. The van der Waals surface area contributed by atoms with Crippen LogP contribution in [0.15, 0.2) is 66.9 Å². The lowest BCUT2D eigenvalue weighted by Gasteiger charge is -2.34. The van der Waals surface area contributed by atoms with E-state index >= 15 is 0 Å². The molecule has 3 aromatic carbocycles. The molecule has 0 radical (unpaired) electrons. The first-order valence-electron chi connectivity index (χ1n) is 17.2. The van der Waals surface area contributed by atoms with Gasteiger partial charge in [-0.05, 0) is 48.9 Å². The van der Waals surface area contributed by atoms with E-state index in [2.05, 4.69) is 9.88 Å². The number of amides is 2. The van der Waals surface area contributed by atoms with Crippen LogP contribution in [-0.2, 0) is 18.4 Å². The van der Waals surface area contributed by atoms with Crippen LogP contribution in [0, 0.1) is 24.4 Å². The van der Waals surface area contributed by atoms with Crippen molar-refractivity contribution in [3.63, 3.8) is 0 Å². The molecule has 6 rings (SSSR count). The number of ether oxygens (including phenoxy) is 3. The quantitative estimate of drug-likeness (QED) is 0.0635. The van der Waals surface area contributed by atoms with E-state index < -0.39 is 59.0 Å². The maximum absolute atomic E-state index is 14.9. The number of hydrogen-bond donors (Lipinski definition) is 0. The van der Waals surface area contributed by atoms with Gasteiger partial charge < -0.3 is 28.6 Å².